The lowest BCUT2D eigenvalue weighted by molar-refractivity contribution is -0.117. The molecule has 1 heterocycles. The number of carbonyl (C=O) groups excluding carboxylic acids is 1. The van der Waals surface area contributed by atoms with E-state index in [0.29, 0.717) is 46.1 Å². The molecule has 4 rings (SSSR count). The maximum Gasteiger partial charge on any atom is 0.175 e. The molecular formula is C30H33BrN4O3. The number of carbonyl (C=O) groups is 1. The number of nitrogens with two attached hydrogens (primary N) is 1. The summed E-state index contributed by atoms with van der Waals surface area (Å²) in [4.78, 5) is 18.2. The van der Waals surface area contributed by atoms with Crippen LogP contribution in [0.5, 0.6) is 11.5 Å². The molecule has 0 spiro atoms. The first-order chi connectivity index (χ1) is 18.3. The largest absolute Gasteiger partial charge is 0.490 e. The van der Waals surface area contributed by atoms with Crippen LogP contribution in [0.4, 0.5) is 0 Å². The molecule has 38 heavy (non-hydrogen) atoms. The molecule has 8 heteroatoms. The maximum atomic E-state index is 13.4. The number of rotatable bonds is 9. The Morgan fingerprint density at radius 2 is 2.00 bits per heavy atom. The summed E-state index contributed by atoms with van der Waals surface area (Å²) in [6.45, 7) is 6.50. The predicted octanol–water partition coefficient (Wildman–Crippen LogP) is 6.44. The quantitative estimate of drug-likeness (QED) is 0.262. The van der Waals surface area contributed by atoms with Crippen LogP contribution in [0, 0.1) is 28.6 Å². The summed E-state index contributed by atoms with van der Waals surface area (Å²) in [7, 11) is 0. The molecule has 0 saturated carbocycles. The first-order valence-electron chi connectivity index (χ1n) is 13.0. The van der Waals surface area contributed by atoms with Gasteiger partial charge in [-0.3, -0.25) is 15.2 Å². The standard InChI is InChI=1S/C30H33BrN4O3/c1-4-8-18-11-24-28(25(36)12-18)27(22(15-32)17(3)35-24)20-13-23(31)29(26(14-20)37-5-2)38-16-19-9-6-7-10-21(19)30(33)34/h6-7,9-10,13-14,18,22,27H,4-5,8,11-12,16H2,1-3H3,(H3,33,34). The molecule has 7 nitrogen and oxygen atoms in total. The second-order valence-corrected chi connectivity index (χ2v) is 10.7. The van der Waals surface area contributed by atoms with Crippen molar-refractivity contribution >= 4 is 33.3 Å². The van der Waals surface area contributed by atoms with Crippen LogP contribution in [-0.2, 0) is 11.4 Å². The first-order valence-corrected chi connectivity index (χ1v) is 13.8. The number of allylic oxidation sites excluding steroid dienone is 2. The van der Waals surface area contributed by atoms with Crippen molar-refractivity contribution in [2.24, 2.45) is 22.6 Å². The monoisotopic (exact) mass is 576 g/mol. The summed E-state index contributed by atoms with van der Waals surface area (Å²) in [6.07, 6.45) is 3.27. The second-order valence-electron chi connectivity index (χ2n) is 9.81. The van der Waals surface area contributed by atoms with Gasteiger partial charge in [-0.25, -0.2) is 0 Å². The Bertz CT molecular complexity index is 1360. The lowest BCUT2D eigenvalue weighted by atomic mass is 9.70. The van der Waals surface area contributed by atoms with E-state index in [0.717, 1.165) is 41.8 Å². The fourth-order valence-electron chi connectivity index (χ4n) is 5.51. The number of benzene rings is 2. The van der Waals surface area contributed by atoms with E-state index >= 15 is 0 Å². The van der Waals surface area contributed by atoms with Crippen molar-refractivity contribution < 1.29 is 14.3 Å². The molecule has 0 amide bonds. The number of nitrogens with zero attached hydrogens (tertiary/aromatic N) is 2. The van der Waals surface area contributed by atoms with Crippen LogP contribution < -0.4 is 15.2 Å². The van der Waals surface area contributed by atoms with Gasteiger partial charge in [0, 0.05) is 40.4 Å². The van der Waals surface area contributed by atoms with E-state index in [9.17, 15) is 10.1 Å². The third kappa shape index (κ3) is 5.53. The molecule has 198 valence electrons. The van der Waals surface area contributed by atoms with E-state index in [2.05, 4.69) is 28.9 Å². The Morgan fingerprint density at radius 1 is 1.24 bits per heavy atom. The Kier molecular flexibility index (Phi) is 8.68. The van der Waals surface area contributed by atoms with Crippen LogP contribution in [0.1, 0.15) is 69.1 Å². The van der Waals surface area contributed by atoms with Crippen LogP contribution in [0.25, 0.3) is 0 Å². The molecular weight excluding hydrogens is 544 g/mol. The van der Waals surface area contributed by atoms with Gasteiger partial charge in [-0.15, -0.1) is 0 Å². The minimum absolute atomic E-state index is 0.0251. The van der Waals surface area contributed by atoms with Crippen molar-refractivity contribution in [3.05, 3.63) is 68.8 Å². The molecule has 2 aromatic rings. The number of nitrogens with one attached hydrogen (secondary N) is 1. The van der Waals surface area contributed by atoms with E-state index in [4.69, 9.17) is 25.6 Å². The van der Waals surface area contributed by atoms with Crippen molar-refractivity contribution in [1.29, 1.82) is 10.7 Å². The highest BCUT2D eigenvalue weighted by Gasteiger charge is 2.41. The Labute approximate surface area is 232 Å². The third-order valence-electron chi connectivity index (χ3n) is 7.18. The summed E-state index contributed by atoms with van der Waals surface area (Å²) in [5.74, 6) is 0.409. The van der Waals surface area contributed by atoms with Crippen LogP contribution in [-0.4, -0.2) is 23.9 Å². The number of amidine groups is 1. The Balaban J connectivity index is 1.74. The van der Waals surface area contributed by atoms with Gasteiger partial charge >= 0.3 is 0 Å². The average molecular weight is 578 g/mol. The molecule has 0 radical (unpaired) electrons. The zero-order chi connectivity index (χ0) is 27.4. The smallest absolute Gasteiger partial charge is 0.175 e. The molecule has 0 fully saturated rings. The van der Waals surface area contributed by atoms with E-state index < -0.39 is 11.8 Å². The van der Waals surface area contributed by atoms with Gasteiger partial charge in [-0.05, 0) is 66.2 Å². The fraction of sp³-hybridized carbons (Fsp3) is 0.400. The topological polar surface area (TPSA) is 122 Å². The number of hydrogen-bond donors (Lipinski definition) is 2. The van der Waals surface area contributed by atoms with Crippen LogP contribution >= 0.6 is 15.9 Å². The number of Topliss-reactive ketones (excluding diaryl/α,β-unsaturated/α-hetero) is 1. The first kappa shape index (κ1) is 27.6. The number of halogens is 1. The van der Waals surface area contributed by atoms with Gasteiger partial charge in [-0.2, -0.15) is 5.26 Å². The lowest BCUT2D eigenvalue weighted by Gasteiger charge is -2.35. The molecule has 0 bridgehead atoms. The Hall–Kier alpha value is -3.44. The van der Waals surface area contributed by atoms with Crippen LogP contribution in [0.3, 0.4) is 0 Å². The van der Waals surface area contributed by atoms with Crippen molar-refractivity contribution in [3.8, 4) is 17.6 Å². The zero-order valence-corrected chi connectivity index (χ0v) is 23.6. The molecule has 3 unspecified atom stereocenters. The SMILES string of the molecule is CCCC1CC(=O)C2=C(C1)N=C(C)C(C#N)C2c1cc(Br)c(OCc2ccccc2C(=N)N)c(OCC)c1. The molecule has 0 aromatic heterocycles. The Morgan fingerprint density at radius 3 is 2.68 bits per heavy atom. The minimum Gasteiger partial charge on any atom is -0.490 e. The second kappa shape index (κ2) is 12.0. The van der Waals surface area contributed by atoms with E-state index in [1.165, 1.54) is 0 Å². The highest BCUT2D eigenvalue weighted by atomic mass is 79.9. The number of nitrogen functional groups attached to an aromatic ring is 1. The van der Waals surface area contributed by atoms with Gasteiger partial charge in [0.05, 0.1) is 23.1 Å². The molecule has 3 atom stereocenters. The third-order valence-corrected chi connectivity index (χ3v) is 7.77. The molecule has 2 aromatic carbocycles. The molecule has 1 aliphatic heterocycles. The highest BCUT2D eigenvalue weighted by Crippen LogP contribution is 2.48. The maximum absolute atomic E-state index is 13.4. The summed E-state index contributed by atoms with van der Waals surface area (Å²) in [5.41, 5.74) is 10.2. The van der Waals surface area contributed by atoms with Crippen molar-refractivity contribution in [2.45, 2.75) is 59.0 Å². The van der Waals surface area contributed by atoms with Gasteiger partial charge in [-0.1, -0.05) is 37.6 Å². The van der Waals surface area contributed by atoms with Gasteiger partial charge in [0.2, 0.25) is 0 Å². The lowest BCUT2D eigenvalue weighted by Crippen LogP contribution is -2.32. The zero-order valence-electron chi connectivity index (χ0n) is 22.0. The van der Waals surface area contributed by atoms with Gasteiger partial charge in [0.25, 0.3) is 0 Å². The van der Waals surface area contributed by atoms with E-state index in [1.54, 1.807) is 6.07 Å². The molecule has 2 aliphatic rings. The normalized spacial score (nSPS) is 20.9. The minimum atomic E-state index is -0.545. The van der Waals surface area contributed by atoms with Gasteiger partial charge < -0.3 is 15.2 Å². The number of nitriles is 1. The molecule has 1 aliphatic carbocycles. The number of hydrogen-bond acceptors (Lipinski definition) is 6. The van der Waals surface area contributed by atoms with Crippen LogP contribution in [0.15, 0.2) is 57.1 Å². The summed E-state index contributed by atoms with van der Waals surface area (Å²) >= 11 is 3.66. The molecule has 0 saturated heterocycles. The van der Waals surface area contributed by atoms with E-state index in [1.807, 2.05) is 44.2 Å². The van der Waals surface area contributed by atoms with E-state index in [-0.39, 0.29) is 18.2 Å². The van der Waals surface area contributed by atoms with Gasteiger partial charge in [0.15, 0.2) is 17.3 Å². The molecule has 3 N–H and O–H groups in total. The van der Waals surface area contributed by atoms with Crippen molar-refractivity contribution in [2.75, 3.05) is 6.61 Å². The van der Waals surface area contributed by atoms with Crippen molar-refractivity contribution in [1.82, 2.24) is 0 Å². The van der Waals surface area contributed by atoms with Gasteiger partial charge in [0.1, 0.15) is 12.4 Å². The number of aliphatic imine (C=N–C) groups is 1. The van der Waals surface area contributed by atoms with Crippen LogP contribution in [0.2, 0.25) is 0 Å². The summed E-state index contributed by atoms with van der Waals surface area (Å²) in [5, 5.41) is 18.0. The summed E-state index contributed by atoms with van der Waals surface area (Å²) < 4.78 is 12.8. The number of ketones is 1. The number of ether oxygens (including phenoxy) is 2. The highest BCUT2D eigenvalue weighted by molar-refractivity contribution is 9.10. The summed E-state index contributed by atoms with van der Waals surface area (Å²) in [6, 6.07) is 13.6. The van der Waals surface area contributed by atoms with Crippen molar-refractivity contribution in [3.63, 3.8) is 0 Å². The fourth-order valence-corrected chi connectivity index (χ4v) is 6.08. The average Bonchev–Trinajstić information content (AvgIpc) is 2.87. The predicted molar refractivity (Wildman–Crippen MR) is 152 cm³/mol.